The number of rotatable bonds is 4. The van der Waals surface area contributed by atoms with Crippen molar-refractivity contribution in [1.29, 1.82) is 0 Å². The van der Waals surface area contributed by atoms with Gasteiger partial charge in [0.05, 0.1) is 18.7 Å². The molecule has 2 N–H and O–H groups in total. The average Bonchev–Trinajstić information content (AvgIpc) is 2.87. The maximum Gasteiger partial charge on any atom is 0.491 e. The van der Waals surface area contributed by atoms with Gasteiger partial charge < -0.3 is 14.4 Å². The van der Waals surface area contributed by atoms with Gasteiger partial charge in [-0.15, -0.1) is 0 Å². The SMILES string of the molecule is COc1ccc(S(=O)(=O)Nc2ccc3c(c2)B(O)OC3)c(Cl)c1. The fraction of sp³-hybridized carbons (Fsp3) is 0.143. The molecular formula is C14H13BClNO5S. The Balaban J connectivity index is 1.91. The first-order valence-electron chi connectivity index (χ1n) is 6.69. The monoisotopic (exact) mass is 353 g/mol. The van der Waals surface area contributed by atoms with E-state index in [0.29, 0.717) is 23.5 Å². The average molecular weight is 354 g/mol. The normalized spacial score (nSPS) is 13.8. The van der Waals surface area contributed by atoms with Crippen molar-refractivity contribution in [2.75, 3.05) is 11.8 Å². The highest BCUT2D eigenvalue weighted by atomic mass is 35.5. The van der Waals surface area contributed by atoms with Crippen molar-refractivity contribution < 1.29 is 22.8 Å². The molecule has 0 spiro atoms. The smallest absolute Gasteiger partial charge is 0.491 e. The number of halogens is 1. The van der Waals surface area contributed by atoms with E-state index in [9.17, 15) is 13.4 Å². The molecular weight excluding hydrogens is 340 g/mol. The first kappa shape index (κ1) is 16.1. The minimum Gasteiger partial charge on any atom is -0.497 e. The van der Waals surface area contributed by atoms with Crippen LogP contribution in [0.4, 0.5) is 5.69 Å². The summed E-state index contributed by atoms with van der Waals surface area (Å²) >= 11 is 6.02. The molecule has 1 aliphatic rings. The molecule has 2 aromatic rings. The van der Waals surface area contributed by atoms with E-state index in [1.807, 2.05) is 0 Å². The molecule has 1 heterocycles. The van der Waals surface area contributed by atoms with Crippen LogP contribution in [0, 0.1) is 0 Å². The van der Waals surface area contributed by atoms with Crippen molar-refractivity contribution in [2.45, 2.75) is 11.5 Å². The molecule has 6 nitrogen and oxygen atoms in total. The number of nitrogens with one attached hydrogen (secondary N) is 1. The fourth-order valence-electron chi connectivity index (χ4n) is 2.31. The van der Waals surface area contributed by atoms with Gasteiger partial charge >= 0.3 is 7.12 Å². The van der Waals surface area contributed by atoms with Crippen molar-refractivity contribution in [3.63, 3.8) is 0 Å². The summed E-state index contributed by atoms with van der Waals surface area (Å²) in [5, 5.41) is 9.75. The Labute approximate surface area is 139 Å². The second kappa shape index (κ2) is 6.05. The van der Waals surface area contributed by atoms with Gasteiger partial charge in [-0.1, -0.05) is 17.7 Å². The van der Waals surface area contributed by atoms with Crippen LogP contribution in [0.15, 0.2) is 41.3 Å². The molecule has 0 saturated carbocycles. The van der Waals surface area contributed by atoms with Gasteiger partial charge in [-0.05, 0) is 35.3 Å². The summed E-state index contributed by atoms with van der Waals surface area (Å²) in [7, 11) is -3.44. The first-order valence-corrected chi connectivity index (χ1v) is 8.55. The minimum absolute atomic E-state index is 0.0568. The van der Waals surface area contributed by atoms with E-state index in [2.05, 4.69) is 4.72 Å². The van der Waals surface area contributed by atoms with Gasteiger partial charge in [0.25, 0.3) is 10.0 Å². The molecule has 2 aromatic carbocycles. The Morgan fingerprint density at radius 2 is 2.09 bits per heavy atom. The lowest BCUT2D eigenvalue weighted by atomic mass is 9.79. The predicted molar refractivity (Wildman–Crippen MR) is 87.7 cm³/mol. The van der Waals surface area contributed by atoms with Crippen molar-refractivity contribution in [3.8, 4) is 5.75 Å². The van der Waals surface area contributed by atoms with E-state index in [-0.39, 0.29) is 9.92 Å². The van der Waals surface area contributed by atoms with E-state index in [1.165, 1.54) is 25.3 Å². The Hall–Kier alpha value is -1.74. The zero-order chi connectivity index (χ0) is 16.6. The highest BCUT2D eigenvalue weighted by Gasteiger charge is 2.28. The minimum atomic E-state index is -3.86. The Morgan fingerprint density at radius 1 is 1.30 bits per heavy atom. The van der Waals surface area contributed by atoms with Gasteiger partial charge in [0.15, 0.2) is 0 Å². The summed E-state index contributed by atoms with van der Waals surface area (Å²) in [5.74, 6) is 0.465. The number of benzene rings is 2. The van der Waals surface area contributed by atoms with E-state index in [4.69, 9.17) is 21.0 Å². The molecule has 0 bridgehead atoms. The first-order chi connectivity index (χ1) is 10.9. The predicted octanol–water partition coefficient (Wildman–Crippen LogP) is 1.37. The Bertz CT molecular complexity index is 858. The number of hydrogen-bond donors (Lipinski definition) is 2. The molecule has 0 atom stereocenters. The number of anilines is 1. The van der Waals surface area contributed by atoms with E-state index < -0.39 is 17.1 Å². The number of fused-ring (bicyclic) bond motifs is 1. The van der Waals surface area contributed by atoms with Crippen LogP contribution in [0.1, 0.15) is 5.56 Å². The number of ether oxygens (including phenoxy) is 1. The molecule has 0 unspecified atom stereocenters. The topological polar surface area (TPSA) is 84.9 Å². The fourth-order valence-corrected chi connectivity index (χ4v) is 3.90. The van der Waals surface area contributed by atoms with Crippen LogP contribution in [0.3, 0.4) is 0 Å². The summed E-state index contributed by atoms with van der Waals surface area (Å²) in [4.78, 5) is -0.0581. The lowest BCUT2D eigenvalue weighted by molar-refractivity contribution is 0.275. The van der Waals surface area contributed by atoms with Crippen molar-refractivity contribution in [1.82, 2.24) is 0 Å². The maximum atomic E-state index is 12.5. The van der Waals surface area contributed by atoms with E-state index >= 15 is 0 Å². The van der Waals surface area contributed by atoms with Gasteiger partial charge in [0, 0.05) is 11.8 Å². The van der Waals surface area contributed by atoms with Crippen molar-refractivity contribution in [2.24, 2.45) is 0 Å². The van der Waals surface area contributed by atoms with Gasteiger partial charge in [0.1, 0.15) is 10.6 Å². The molecule has 0 aromatic heterocycles. The third-order valence-electron chi connectivity index (χ3n) is 3.49. The second-order valence-corrected chi connectivity index (χ2v) is 7.04. The summed E-state index contributed by atoms with van der Waals surface area (Å²) in [5.41, 5.74) is 1.69. The second-order valence-electron chi connectivity index (χ2n) is 4.98. The van der Waals surface area contributed by atoms with Crippen LogP contribution in [0.2, 0.25) is 5.02 Å². The molecule has 0 saturated heterocycles. The maximum absolute atomic E-state index is 12.5. The number of sulfonamides is 1. The van der Waals surface area contributed by atoms with Gasteiger partial charge in [-0.3, -0.25) is 4.72 Å². The molecule has 3 rings (SSSR count). The zero-order valence-electron chi connectivity index (χ0n) is 12.1. The summed E-state index contributed by atoms with van der Waals surface area (Å²) < 4.78 is 37.5. The molecule has 120 valence electrons. The molecule has 23 heavy (non-hydrogen) atoms. The van der Waals surface area contributed by atoms with Crippen LogP contribution in [-0.4, -0.2) is 27.7 Å². The zero-order valence-corrected chi connectivity index (χ0v) is 13.7. The van der Waals surface area contributed by atoms with Crippen molar-refractivity contribution in [3.05, 3.63) is 47.0 Å². The van der Waals surface area contributed by atoms with Crippen LogP contribution in [0.5, 0.6) is 5.75 Å². The van der Waals surface area contributed by atoms with Crippen LogP contribution < -0.4 is 14.9 Å². The summed E-state index contributed by atoms with van der Waals surface area (Å²) in [6.45, 7) is 0.299. The van der Waals surface area contributed by atoms with Gasteiger partial charge in [0.2, 0.25) is 0 Å². The summed E-state index contributed by atoms with van der Waals surface area (Å²) in [6.07, 6.45) is 0. The standard InChI is InChI=1S/C14H13BClNO5S/c1-21-11-4-5-14(13(16)7-11)23(19,20)17-10-3-2-9-8-22-15(18)12(9)6-10/h2-7,17-18H,8H2,1H3. The Morgan fingerprint density at radius 3 is 2.78 bits per heavy atom. The molecule has 0 radical (unpaired) electrons. The molecule has 1 aliphatic heterocycles. The lowest BCUT2D eigenvalue weighted by Gasteiger charge is -2.11. The molecule has 0 amide bonds. The van der Waals surface area contributed by atoms with Crippen LogP contribution in [0.25, 0.3) is 0 Å². The molecule has 0 fully saturated rings. The Kier molecular flexibility index (Phi) is 4.24. The third-order valence-corrected chi connectivity index (χ3v) is 5.35. The van der Waals surface area contributed by atoms with Crippen LogP contribution >= 0.6 is 11.6 Å². The van der Waals surface area contributed by atoms with Crippen molar-refractivity contribution >= 4 is 39.9 Å². The summed E-state index contributed by atoms with van der Waals surface area (Å²) in [6, 6.07) is 9.17. The highest BCUT2D eigenvalue weighted by molar-refractivity contribution is 7.92. The number of methoxy groups -OCH3 is 1. The highest BCUT2D eigenvalue weighted by Crippen LogP contribution is 2.28. The number of hydrogen-bond acceptors (Lipinski definition) is 5. The van der Waals surface area contributed by atoms with E-state index in [1.54, 1.807) is 18.2 Å². The van der Waals surface area contributed by atoms with Gasteiger partial charge in [-0.25, -0.2) is 8.42 Å². The lowest BCUT2D eigenvalue weighted by Crippen LogP contribution is -2.28. The van der Waals surface area contributed by atoms with E-state index in [0.717, 1.165) is 5.56 Å². The van der Waals surface area contributed by atoms with Crippen LogP contribution in [-0.2, 0) is 21.3 Å². The molecule has 9 heteroatoms. The van der Waals surface area contributed by atoms with Gasteiger partial charge in [-0.2, -0.15) is 0 Å². The quantitative estimate of drug-likeness (QED) is 0.811. The largest absolute Gasteiger partial charge is 0.497 e. The molecule has 0 aliphatic carbocycles. The third kappa shape index (κ3) is 3.16.